The van der Waals surface area contributed by atoms with Crippen molar-refractivity contribution in [2.45, 2.75) is 18.7 Å². The Bertz CT molecular complexity index is 772. The summed E-state index contributed by atoms with van der Waals surface area (Å²) in [5, 5.41) is 0. The molecule has 0 amide bonds. The lowest BCUT2D eigenvalue weighted by Crippen LogP contribution is -2.14. The van der Waals surface area contributed by atoms with Gasteiger partial charge in [-0.15, -0.1) is 0 Å². The van der Waals surface area contributed by atoms with E-state index in [1.165, 1.54) is 12.1 Å². The minimum absolute atomic E-state index is 0.0531. The summed E-state index contributed by atoms with van der Waals surface area (Å²) in [6.45, 7) is 3.37. The van der Waals surface area contributed by atoms with Gasteiger partial charge in [0.1, 0.15) is 11.6 Å². The number of halogens is 1. The summed E-state index contributed by atoms with van der Waals surface area (Å²) in [6, 6.07) is 8.54. The monoisotopic (exact) mass is 309 g/mol. The minimum Gasteiger partial charge on any atom is -0.496 e. The Balaban J connectivity index is 2.35. The molecule has 0 aromatic heterocycles. The van der Waals surface area contributed by atoms with Crippen molar-refractivity contribution in [1.82, 2.24) is 0 Å². The average Bonchev–Trinajstić information content (AvgIpc) is 2.37. The van der Waals surface area contributed by atoms with Gasteiger partial charge in [0, 0.05) is 5.69 Å². The van der Waals surface area contributed by atoms with Gasteiger partial charge in [0.25, 0.3) is 10.0 Å². The molecule has 6 heteroatoms. The summed E-state index contributed by atoms with van der Waals surface area (Å²) in [4.78, 5) is 0.0531. The molecule has 0 unspecified atom stereocenters. The predicted molar refractivity (Wildman–Crippen MR) is 79.7 cm³/mol. The highest BCUT2D eigenvalue weighted by molar-refractivity contribution is 7.92. The molecule has 21 heavy (non-hydrogen) atoms. The number of aryl methyl sites for hydroxylation is 2. The van der Waals surface area contributed by atoms with E-state index < -0.39 is 15.8 Å². The van der Waals surface area contributed by atoms with Gasteiger partial charge in [-0.05, 0) is 61.4 Å². The molecule has 0 saturated heterocycles. The molecule has 4 nitrogen and oxygen atoms in total. The molecule has 0 aliphatic carbocycles. The highest BCUT2D eigenvalue weighted by Crippen LogP contribution is 2.24. The molecule has 0 bridgehead atoms. The second-order valence-corrected chi connectivity index (χ2v) is 6.35. The highest BCUT2D eigenvalue weighted by atomic mass is 32.2. The fraction of sp³-hybridized carbons (Fsp3) is 0.200. The normalized spacial score (nSPS) is 11.2. The van der Waals surface area contributed by atoms with Gasteiger partial charge in [-0.2, -0.15) is 0 Å². The number of methoxy groups -OCH3 is 1. The van der Waals surface area contributed by atoms with Crippen LogP contribution in [-0.4, -0.2) is 15.5 Å². The number of hydrogen-bond donors (Lipinski definition) is 1. The lowest BCUT2D eigenvalue weighted by atomic mass is 10.2. The Kier molecular flexibility index (Phi) is 4.18. The van der Waals surface area contributed by atoms with Crippen LogP contribution in [0.1, 0.15) is 11.1 Å². The van der Waals surface area contributed by atoms with Crippen molar-refractivity contribution in [1.29, 1.82) is 0 Å². The number of anilines is 1. The van der Waals surface area contributed by atoms with Crippen LogP contribution in [-0.2, 0) is 10.0 Å². The average molecular weight is 309 g/mol. The van der Waals surface area contributed by atoms with Gasteiger partial charge >= 0.3 is 0 Å². The summed E-state index contributed by atoms with van der Waals surface area (Å²) in [5.41, 5.74) is 1.60. The Morgan fingerprint density at radius 2 is 1.76 bits per heavy atom. The van der Waals surface area contributed by atoms with Crippen LogP contribution in [0.2, 0.25) is 0 Å². The van der Waals surface area contributed by atoms with Gasteiger partial charge in [-0.3, -0.25) is 4.72 Å². The Morgan fingerprint density at radius 1 is 1.05 bits per heavy atom. The van der Waals surface area contributed by atoms with Crippen molar-refractivity contribution in [3.63, 3.8) is 0 Å². The predicted octanol–water partition coefficient (Wildman–Crippen LogP) is 3.25. The van der Waals surface area contributed by atoms with E-state index in [1.54, 1.807) is 32.2 Å². The number of rotatable bonds is 4. The molecule has 2 aromatic carbocycles. The lowest BCUT2D eigenvalue weighted by Gasteiger charge is -2.12. The van der Waals surface area contributed by atoms with Crippen molar-refractivity contribution < 1.29 is 17.5 Å². The number of nitrogens with one attached hydrogen (secondary N) is 1. The molecule has 112 valence electrons. The molecular formula is C15H16FNO3S. The summed E-state index contributed by atoms with van der Waals surface area (Å²) in [5.74, 6) is 0.211. The molecule has 0 spiro atoms. The molecule has 0 fully saturated rings. The molecular weight excluding hydrogens is 293 g/mol. The topological polar surface area (TPSA) is 55.4 Å². The van der Waals surface area contributed by atoms with E-state index in [-0.39, 0.29) is 4.90 Å². The van der Waals surface area contributed by atoms with Crippen molar-refractivity contribution >= 4 is 15.7 Å². The Hall–Kier alpha value is -2.08. The van der Waals surface area contributed by atoms with Crippen molar-refractivity contribution in [3.8, 4) is 5.75 Å². The second-order valence-electron chi connectivity index (χ2n) is 4.70. The third-order valence-corrected chi connectivity index (χ3v) is 4.62. The van der Waals surface area contributed by atoms with Crippen LogP contribution in [0.5, 0.6) is 5.75 Å². The van der Waals surface area contributed by atoms with E-state index in [0.29, 0.717) is 17.0 Å². The molecule has 0 atom stereocenters. The SMILES string of the molecule is COc1ccc(NS(=O)(=O)c2ccc(F)cc2C)cc1C. The summed E-state index contributed by atoms with van der Waals surface area (Å²) in [7, 11) is -2.20. The zero-order chi connectivity index (χ0) is 15.6. The first-order chi connectivity index (χ1) is 9.83. The van der Waals surface area contributed by atoms with Crippen LogP contribution < -0.4 is 9.46 Å². The minimum atomic E-state index is -3.75. The maximum Gasteiger partial charge on any atom is 0.262 e. The molecule has 0 aliphatic rings. The largest absolute Gasteiger partial charge is 0.496 e. The van der Waals surface area contributed by atoms with Crippen LogP contribution in [0, 0.1) is 19.7 Å². The molecule has 1 N–H and O–H groups in total. The second kappa shape index (κ2) is 5.73. The van der Waals surface area contributed by atoms with Crippen molar-refractivity contribution in [2.24, 2.45) is 0 Å². The number of ether oxygens (including phenoxy) is 1. The van der Waals surface area contributed by atoms with Crippen LogP contribution in [0.4, 0.5) is 10.1 Å². The zero-order valence-electron chi connectivity index (χ0n) is 12.0. The van der Waals surface area contributed by atoms with Gasteiger partial charge < -0.3 is 4.74 Å². The van der Waals surface area contributed by atoms with Gasteiger partial charge in [-0.25, -0.2) is 12.8 Å². The van der Waals surface area contributed by atoms with Gasteiger partial charge in [-0.1, -0.05) is 0 Å². The lowest BCUT2D eigenvalue weighted by molar-refractivity contribution is 0.412. The third kappa shape index (κ3) is 3.33. The van der Waals surface area contributed by atoms with Crippen LogP contribution in [0.15, 0.2) is 41.3 Å². The Labute approximate surface area is 123 Å². The quantitative estimate of drug-likeness (QED) is 0.943. The maximum atomic E-state index is 13.1. The van der Waals surface area contributed by atoms with E-state index >= 15 is 0 Å². The van der Waals surface area contributed by atoms with E-state index in [0.717, 1.165) is 11.6 Å². The van der Waals surface area contributed by atoms with Gasteiger partial charge in [0.15, 0.2) is 0 Å². The fourth-order valence-electron chi connectivity index (χ4n) is 2.07. The van der Waals surface area contributed by atoms with E-state index in [4.69, 9.17) is 4.74 Å². The Morgan fingerprint density at radius 3 is 2.33 bits per heavy atom. The van der Waals surface area contributed by atoms with E-state index in [1.807, 2.05) is 6.92 Å². The third-order valence-electron chi connectivity index (χ3n) is 3.07. The smallest absolute Gasteiger partial charge is 0.262 e. The molecule has 2 aromatic rings. The molecule has 0 heterocycles. The number of hydrogen-bond acceptors (Lipinski definition) is 3. The molecule has 0 saturated carbocycles. The maximum absolute atomic E-state index is 13.1. The first-order valence-electron chi connectivity index (χ1n) is 6.27. The molecule has 2 rings (SSSR count). The molecule has 0 radical (unpaired) electrons. The standard InChI is InChI=1S/C15H16FNO3S/c1-10-9-13(5-6-14(10)20-3)17-21(18,19)15-7-4-12(16)8-11(15)2/h4-9,17H,1-3H3. The van der Waals surface area contributed by atoms with Crippen LogP contribution >= 0.6 is 0 Å². The summed E-state index contributed by atoms with van der Waals surface area (Å²) >= 11 is 0. The molecule has 0 aliphatic heterocycles. The first-order valence-corrected chi connectivity index (χ1v) is 7.75. The fourth-order valence-corrected chi connectivity index (χ4v) is 3.34. The first kappa shape index (κ1) is 15.3. The van der Waals surface area contributed by atoms with Crippen LogP contribution in [0.25, 0.3) is 0 Å². The number of sulfonamides is 1. The number of benzene rings is 2. The van der Waals surface area contributed by atoms with E-state index in [2.05, 4.69) is 4.72 Å². The van der Waals surface area contributed by atoms with Gasteiger partial charge in [0.05, 0.1) is 12.0 Å². The van der Waals surface area contributed by atoms with Crippen molar-refractivity contribution in [3.05, 3.63) is 53.3 Å². The summed E-state index contributed by atoms with van der Waals surface area (Å²) in [6.07, 6.45) is 0. The zero-order valence-corrected chi connectivity index (χ0v) is 12.8. The van der Waals surface area contributed by atoms with Crippen LogP contribution in [0.3, 0.4) is 0 Å². The van der Waals surface area contributed by atoms with Gasteiger partial charge in [0.2, 0.25) is 0 Å². The van der Waals surface area contributed by atoms with E-state index in [9.17, 15) is 12.8 Å². The van der Waals surface area contributed by atoms with Crippen molar-refractivity contribution in [2.75, 3.05) is 11.8 Å². The highest BCUT2D eigenvalue weighted by Gasteiger charge is 2.17. The summed E-state index contributed by atoms with van der Waals surface area (Å²) < 4.78 is 45.3.